The lowest BCUT2D eigenvalue weighted by Crippen LogP contribution is -2.24. The van der Waals surface area contributed by atoms with Crippen molar-refractivity contribution in [2.75, 3.05) is 0 Å². The molecule has 0 spiro atoms. The smallest absolute Gasteiger partial charge is 0.223 e. The monoisotopic (exact) mass is 321 g/mol. The van der Waals surface area contributed by atoms with Gasteiger partial charge < -0.3 is 4.90 Å². The van der Waals surface area contributed by atoms with Crippen molar-refractivity contribution in [2.24, 2.45) is 0 Å². The second-order valence-corrected chi connectivity index (χ2v) is 6.65. The Morgan fingerprint density at radius 2 is 1.95 bits per heavy atom. The lowest BCUT2D eigenvalue weighted by molar-refractivity contribution is -0.131. The summed E-state index contributed by atoms with van der Waals surface area (Å²) in [6.45, 7) is 7.89. The first-order valence-electron chi connectivity index (χ1n) is 8.72. The molecule has 0 atom stereocenters. The van der Waals surface area contributed by atoms with Crippen molar-refractivity contribution in [1.29, 1.82) is 0 Å². The van der Waals surface area contributed by atoms with Crippen molar-refractivity contribution in [3.8, 4) is 0 Å². The van der Waals surface area contributed by atoms with Crippen LogP contribution in [0.1, 0.15) is 75.1 Å². The van der Waals surface area contributed by atoms with Gasteiger partial charge in [-0.2, -0.15) is 0 Å². The standard InChI is InChI=1S/C19H28ClNO/c1-4-7-8-10-16-14(6-3)11-15-12-21(18(22)9-5-2)13-17(15)19(16)20/h11H,4-10,12-13H2,1-3H3. The topological polar surface area (TPSA) is 20.3 Å². The molecule has 0 saturated heterocycles. The fraction of sp³-hybridized carbons (Fsp3) is 0.632. The zero-order valence-corrected chi connectivity index (χ0v) is 14.9. The van der Waals surface area contributed by atoms with E-state index < -0.39 is 0 Å². The van der Waals surface area contributed by atoms with Crippen molar-refractivity contribution in [3.05, 3.63) is 33.3 Å². The number of hydrogen-bond donors (Lipinski definition) is 0. The molecule has 0 radical (unpaired) electrons. The van der Waals surface area contributed by atoms with Gasteiger partial charge in [-0.05, 0) is 47.9 Å². The number of rotatable bonds is 7. The third kappa shape index (κ3) is 3.65. The number of carbonyl (C=O) groups is 1. The van der Waals surface area contributed by atoms with E-state index in [1.54, 1.807) is 0 Å². The van der Waals surface area contributed by atoms with Gasteiger partial charge in [-0.25, -0.2) is 0 Å². The van der Waals surface area contributed by atoms with E-state index in [1.807, 2.05) is 4.90 Å². The van der Waals surface area contributed by atoms with E-state index >= 15 is 0 Å². The summed E-state index contributed by atoms with van der Waals surface area (Å²) in [6, 6.07) is 2.29. The normalized spacial score (nSPS) is 13.5. The Hall–Kier alpha value is -1.02. The number of benzene rings is 1. The molecule has 1 aromatic carbocycles. The Bertz CT molecular complexity index is 539. The van der Waals surface area contributed by atoms with Crippen LogP contribution in [0.15, 0.2) is 6.07 Å². The molecule has 1 aromatic rings. The van der Waals surface area contributed by atoms with Crippen LogP contribution >= 0.6 is 11.6 Å². The van der Waals surface area contributed by atoms with Crippen LogP contribution < -0.4 is 0 Å². The van der Waals surface area contributed by atoms with Crippen LogP contribution in [0.25, 0.3) is 0 Å². The SMILES string of the molecule is CCCCCc1c(CC)cc2c(c1Cl)CN(C(=O)CCC)C2. The quantitative estimate of drug-likeness (QED) is 0.626. The summed E-state index contributed by atoms with van der Waals surface area (Å²) in [5.41, 5.74) is 5.13. The average molecular weight is 322 g/mol. The molecule has 1 amide bonds. The van der Waals surface area contributed by atoms with Crippen LogP contribution in [0.5, 0.6) is 0 Å². The third-order valence-electron chi connectivity index (χ3n) is 4.59. The summed E-state index contributed by atoms with van der Waals surface area (Å²) in [7, 11) is 0. The highest BCUT2D eigenvalue weighted by Gasteiger charge is 2.27. The first-order valence-corrected chi connectivity index (χ1v) is 9.09. The summed E-state index contributed by atoms with van der Waals surface area (Å²) in [5, 5.41) is 0.928. The van der Waals surface area contributed by atoms with E-state index in [1.165, 1.54) is 41.5 Å². The van der Waals surface area contributed by atoms with Gasteiger partial charge in [0.1, 0.15) is 0 Å². The number of carbonyl (C=O) groups excluding carboxylic acids is 1. The maximum Gasteiger partial charge on any atom is 0.223 e. The molecule has 22 heavy (non-hydrogen) atoms. The van der Waals surface area contributed by atoms with Crippen LogP contribution in [0.3, 0.4) is 0 Å². The van der Waals surface area contributed by atoms with Gasteiger partial charge in [-0.1, -0.05) is 51.3 Å². The molecule has 0 aromatic heterocycles. The van der Waals surface area contributed by atoms with Crippen LogP contribution in [0.4, 0.5) is 0 Å². The Morgan fingerprint density at radius 1 is 1.18 bits per heavy atom. The minimum absolute atomic E-state index is 0.250. The summed E-state index contributed by atoms with van der Waals surface area (Å²) in [5.74, 6) is 0.250. The Kier molecular flexibility index (Phi) is 6.31. The van der Waals surface area contributed by atoms with E-state index in [-0.39, 0.29) is 5.91 Å². The summed E-state index contributed by atoms with van der Waals surface area (Å²) < 4.78 is 0. The Labute approximate surface area is 139 Å². The number of unbranched alkanes of at least 4 members (excludes halogenated alkanes) is 2. The number of nitrogens with zero attached hydrogens (tertiary/aromatic N) is 1. The second-order valence-electron chi connectivity index (χ2n) is 6.28. The number of aryl methyl sites for hydroxylation is 1. The Balaban J connectivity index is 2.24. The molecule has 0 bridgehead atoms. The molecule has 2 rings (SSSR count). The first-order chi connectivity index (χ1) is 10.6. The largest absolute Gasteiger partial charge is 0.334 e. The van der Waals surface area contributed by atoms with E-state index in [0.29, 0.717) is 13.0 Å². The third-order valence-corrected chi connectivity index (χ3v) is 5.05. The first kappa shape index (κ1) is 17.3. The predicted molar refractivity (Wildman–Crippen MR) is 93.2 cm³/mol. The molecule has 0 fully saturated rings. The number of halogens is 1. The van der Waals surface area contributed by atoms with Crippen molar-refractivity contribution >= 4 is 17.5 Å². The molecule has 122 valence electrons. The summed E-state index contributed by atoms with van der Waals surface area (Å²) >= 11 is 6.73. The lowest BCUT2D eigenvalue weighted by atomic mass is 9.94. The van der Waals surface area contributed by atoms with Gasteiger partial charge in [0.2, 0.25) is 5.91 Å². The number of fused-ring (bicyclic) bond motifs is 1. The van der Waals surface area contributed by atoms with E-state index in [0.717, 1.165) is 30.8 Å². The van der Waals surface area contributed by atoms with E-state index in [9.17, 15) is 4.79 Å². The van der Waals surface area contributed by atoms with Gasteiger partial charge in [-0.15, -0.1) is 0 Å². The van der Waals surface area contributed by atoms with Gasteiger partial charge in [0.05, 0.1) is 0 Å². The molecular weight excluding hydrogens is 294 g/mol. The van der Waals surface area contributed by atoms with E-state index in [2.05, 4.69) is 26.8 Å². The molecule has 0 unspecified atom stereocenters. The maximum atomic E-state index is 12.2. The van der Waals surface area contributed by atoms with Crippen LogP contribution in [0.2, 0.25) is 5.02 Å². The van der Waals surface area contributed by atoms with E-state index in [4.69, 9.17) is 11.6 Å². The van der Waals surface area contributed by atoms with Crippen molar-refractivity contribution < 1.29 is 4.79 Å². The summed E-state index contributed by atoms with van der Waals surface area (Å²) in [4.78, 5) is 14.1. The zero-order chi connectivity index (χ0) is 16.1. The molecule has 0 saturated carbocycles. The average Bonchev–Trinajstić information content (AvgIpc) is 2.94. The van der Waals surface area contributed by atoms with Crippen LogP contribution in [-0.4, -0.2) is 10.8 Å². The molecule has 2 nitrogen and oxygen atoms in total. The Morgan fingerprint density at radius 3 is 2.59 bits per heavy atom. The molecular formula is C19H28ClNO. The minimum atomic E-state index is 0.250. The highest BCUT2D eigenvalue weighted by atomic mass is 35.5. The van der Waals surface area contributed by atoms with Gasteiger partial charge in [0, 0.05) is 24.5 Å². The molecule has 1 heterocycles. The molecule has 1 aliphatic rings. The van der Waals surface area contributed by atoms with Gasteiger partial charge in [-0.3, -0.25) is 4.79 Å². The molecule has 1 aliphatic heterocycles. The predicted octanol–water partition coefficient (Wildman–Crippen LogP) is 5.28. The van der Waals surface area contributed by atoms with Crippen molar-refractivity contribution in [3.63, 3.8) is 0 Å². The number of hydrogen-bond acceptors (Lipinski definition) is 1. The summed E-state index contributed by atoms with van der Waals surface area (Å²) in [6.07, 6.45) is 7.28. The molecule has 3 heteroatoms. The van der Waals surface area contributed by atoms with Crippen LogP contribution in [0, 0.1) is 0 Å². The molecule has 0 aliphatic carbocycles. The van der Waals surface area contributed by atoms with Gasteiger partial charge >= 0.3 is 0 Å². The maximum absolute atomic E-state index is 12.2. The highest BCUT2D eigenvalue weighted by Crippen LogP contribution is 2.35. The van der Waals surface area contributed by atoms with Gasteiger partial charge in [0.25, 0.3) is 0 Å². The fourth-order valence-electron chi connectivity index (χ4n) is 3.30. The second kappa shape index (κ2) is 8.01. The lowest BCUT2D eigenvalue weighted by Gasteiger charge is -2.15. The van der Waals surface area contributed by atoms with Crippen LogP contribution in [-0.2, 0) is 30.7 Å². The van der Waals surface area contributed by atoms with Gasteiger partial charge in [0.15, 0.2) is 0 Å². The number of amides is 1. The van der Waals surface area contributed by atoms with Crippen molar-refractivity contribution in [2.45, 2.75) is 78.8 Å². The fourth-order valence-corrected chi connectivity index (χ4v) is 3.70. The van der Waals surface area contributed by atoms with Crippen molar-refractivity contribution in [1.82, 2.24) is 4.90 Å². The highest BCUT2D eigenvalue weighted by molar-refractivity contribution is 6.32. The molecule has 0 N–H and O–H groups in total. The minimum Gasteiger partial charge on any atom is -0.334 e. The zero-order valence-electron chi connectivity index (χ0n) is 14.2.